The van der Waals surface area contributed by atoms with Crippen molar-refractivity contribution in [2.45, 2.75) is 51.4 Å². The molecule has 0 saturated carbocycles. The number of anilines is 1. The van der Waals surface area contributed by atoms with Gasteiger partial charge in [-0.1, -0.05) is 20.8 Å². The maximum atomic E-state index is 14.3. The molecule has 0 radical (unpaired) electrons. The number of aromatic nitrogens is 2. The van der Waals surface area contributed by atoms with Crippen LogP contribution in [-0.4, -0.2) is 24.5 Å². The molecule has 1 aromatic heterocycles. The molecule has 0 aliphatic heterocycles. The topological polar surface area (TPSA) is 70.1 Å². The summed E-state index contributed by atoms with van der Waals surface area (Å²) in [4.78, 5) is 15.5. The monoisotopic (exact) mass is 339 g/mol. The Labute approximate surface area is 137 Å². The third-order valence-corrected chi connectivity index (χ3v) is 9.39. The van der Waals surface area contributed by atoms with Crippen LogP contribution in [0.5, 0.6) is 0 Å². The van der Waals surface area contributed by atoms with Crippen molar-refractivity contribution in [2.75, 3.05) is 12.3 Å². The van der Waals surface area contributed by atoms with Crippen LogP contribution in [0.25, 0.3) is 0 Å². The number of halogens is 1. The molecule has 0 fully saturated rings. The van der Waals surface area contributed by atoms with Crippen LogP contribution in [0.4, 0.5) is 10.2 Å². The highest BCUT2D eigenvalue weighted by Gasteiger charge is 2.38. The highest BCUT2D eigenvalue weighted by molar-refractivity contribution is 6.74. The van der Waals surface area contributed by atoms with E-state index in [1.165, 1.54) is 16.8 Å². The molecule has 2 N–H and O–H groups in total. The molecule has 2 atom stereocenters. The minimum Gasteiger partial charge on any atom is -0.416 e. The van der Waals surface area contributed by atoms with E-state index in [9.17, 15) is 9.18 Å². The lowest BCUT2D eigenvalue weighted by molar-refractivity contribution is 0.242. The molecule has 2 rings (SSSR count). The fourth-order valence-corrected chi connectivity index (χ4v) is 3.42. The SMILES string of the molecule is CC(C)(C)[Si](C)(C)OC[C@H]1C=C(F)[C@@H](n2ccc(N)nc2=O)C1. The molecule has 0 amide bonds. The summed E-state index contributed by atoms with van der Waals surface area (Å²) >= 11 is 0. The third kappa shape index (κ3) is 3.90. The van der Waals surface area contributed by atoms with E-state index in [1.807, 2.05) is 0 Å². The smallest absolute Gasteiger partial charge is 0.350 e. The Balaban J connectivity index is 2.06. The molecule has 23 heavy (non-hydrogen) atoms. The van der Waals surface area contributed by atoms with E-state index < -0.39 is 20.0 Å². The van der Waals surface area contributed by atoms with Gasteiger partial charge >= 0.3 is 5.69 Å². The summed E-state index contributed by atoms with van der Waals surface area (Å²) in [6.07, 6.45) is 3.58. The van der Waals surface area contributed by atoms with Gasteiger partial charge in [0.15, 0.2) is 8.32 Å². The Bertz CT molecular complexity index is 664. The van der Waals surface area contributed by atoms with Gasteiger partial charge in [0, 0.05) is 18.7 Å². The molecular weight excluding hydrogens is 313 g/mol. The molecule has 0 saturated heterocycles. The van der Waals surface area contributed by atoms with Gasteiger partial charge in [0.2, 0.25) is 0 Å². The second-order valence-electron chi connectivity index (χ2n) is 7.68. The second kappa shape index (κ2) is 6.20. The normalized spacial score (nSPS) is 22.3. The summed E-state index contributed by atoms with van der Waals surface area (Å²) in [6, 6.07) is 0.900. The highest BCUT2D eigenvalue weighted by Crippen LogP contribution is 2.39. The summed E-state index contributed by atoms with van der Waals surface area (Å²) < 4.78 is 21.7. The molecule has 128 valence electrons. The average molecular weight is 339 g/mol. The number of nitrogens with two attached hydrogens (primary N) is 1. The van der Waals surface area contributed by atoms with Crippen molar-refractivity contribution in [1.29, 1.82) is 0 Å². The van der Waals surface area contributed by atoms with Gasteiger partial charge in [-0.2, -0.15) is 4.98 Å². The Morgan fingerprint density at radius 3 is 2.70 bits per heavy atom. The summed E-state index contributed by atoms with van der Waals surface area (Å²) in [6.45, 7) is 11.4. The molecule has 5 nitrogen and oxygen atoms in total. The molecule has 1 heterocycles. The zero-order chi connectivity index (χ0) is 17.4. The van der Waals surface area contributed by atoms with E-state index in [0.29, 0.717) is 13.0 Å². The number of hydrogen-bond acceptors (Lipinski definition) is 4. The van der Waals surface area contributed by atoms with Gasteiger partial charge in [0.1, 0.15) is 11.6 Å². The summed E-state index contributed by atoms with van der Waals surface area (Å²) in [7, 11) is -1.86. The predicted octanol–water partition coefficient (Wildman–Crippen LogP) is 3.26. The molecule has 0 aromatic carbocycles. The van der Waals surface area contributed by atoms with Crippen molar-refractivity contribution in [2.24, 2.45) is 5.92 Å². The molecule has 1 aromatic rings. The van der Waals surface area contributed by atoms with Crippen molar-refractivity contribution < 1.29 is 8.82 Å². The van der Waals surface area contributed by atoms with Crippen LogP contribution in [0, 0.1) is 5.92 Å². The Kier molecular flexibility index (Phi) is 4.82. The van der Waals surface area contributed by atoms with E-state index in [-0.39, 0.29) is 22.6 Å². The first-order chi connectivity index (χ1) is 10.5. The zero-order valence-corrected chi connectivity index (χ0v) is 15.5. The van der Waals surface area contributed by atoms with Gasteiger partial charge in [0.25, 0.3) is 0 Å². The maximum Gasteiger partial charge on any atom is 0.350 e. The molecule has 1 aliphatic rings. The molecule has 1 aliphatic carbocycles. The highest BCUT2D eigenvalue weighted by atomic mass is 28.4. The van der Waals surface area contributed by atoms with Gasteiger partial charge in [-0.15, -0.1) is 0 Å². The fraction of sp³-hybridized carbons (Fsp3) is 0.625. The van der Waals surface area contributed by atoms with Crippen molar-refractivity contribution in [3.05, 3.63) is 34.7 Å². The predicted molar refractivity (Wildman–Crippen MR) is 92.4 cm³/mol. The summed E-state index contributed by atoms with van der Waals surface area (Å²) in [5.41, 5.74) is 4.95. The number of nitrogen functional groups attached to an aromatic ring is 1. The van der Waals surface area contributed by atoms with Crippen LogP contribution in [0.3, 0.4) is 0 Å². The molecular formula is C16H26FN3O2Si. The average Bonchev–Trinajstić information content (AvgIpc) is 2.76. The van der Waals surface area contributed by atoms with Crippen LogP contribution in [0.1, 0.15) is 33.2 Å². The van der Waals surface area contributed by atoms with Crippen molar-refractivity contribution >= 4 is 14.1 Å². The standard InChI is InChI=1S/C16H26FN3O2Si/c1-16(2,3)23(4,5)22-10-11-8-12(17)13(9-11)20-7-6-14(18)19-15(20)21/h6-8,11,13H,9-10H2,1-5H3,(H2,18,19,21)/t11-,13-/m0/s1. The van der Waals surface area contributed by atoms with Crippen LogP contribution >= 0.6 is 0 Å². The first kappa shape index (κ1) is 17.9. The molecule has 0 unspecified atom stereocenters. The first-order valence-corrected chi connectivity index (χ1v) is 10.8. The van der Waals surface area contributed by atoms with Gasteiger partial charge in [0.05, 0.1) is 6.04 Å². The zero-order valence-electron chi connectivity index (χ0n) is 14.5. The van der Waals surface area contributed by atoms with Crippen molar-refractivity contribution in [3.8, 4) is 0 Å². The van der Waals surface area contributed by atoms with E-state index in [0.717, 1.165) is 0 Å². The minimum atomic E-state index is -1.86. The number of allylic oxidation sites excluding steroid dienone is 1. The van der Waals surface area contributed by atoms with Gasteiger partial charge in [-0.3, -0.25) is 4.57 Å². The first-order valence-electron chi connectivity index (χ1n) is 7.87. The lowest BCUT2D eigenvalue weighted by Gasteiger charge is -2.36. The summed E-state index contributed by atoms with van der Waals surface area (Å²) in [5, 5.41) is 0.116. The number of nitrogens with zero attached hydrogens (tertiary/aromatic N) is 2. The lowest BCUT2D eigenvalue weighted by atomic mass is 10.1. The second-order valence-corrected chi connectivity index (χ2v) is 12.5. The van der Waals surface area contributed by atoms with Gasteiger partial charge in [-0.05, 0) is 36.7 Å². The maximum absolute atomic E-state index is 14.3. The summed E-state index contributed by atoms with van der Waals surface area (Å²) in [5.74, 6) is -0.187. The Hall–Kier alpha value is -1.47. The number of hydrogen-bond donors (Lipinski definition) is 1. The fourth-order valence-electron chi connectivity index (χ4n) is 2.36. The van der Waals surface area contributed by atoms with Crippen LogP contribution in [0.2, 0.25) is 18.1 Å². The largest absolute Gasteiger partial charge is 0.416 e. The van der Waals surface area contributed by atoms with Gasteiger partial charge in [-0.25, -0.2) is 9.18 Å². The quantitative estimate of drug-likeness (QED) is 0.855. The van der Waals surface area contributed by atoms with Crippen LogP contribution in [0.15, 0.2) is 29.0 Å². The van der Waals surface area contributed by atoms with Crippen LogP contribution in [-0.2, 0) is 4.43 Å². The number of rotatable bonds is 4. The molecule has 0 spiro atoms. The Morgan fingerprint density at radius 2 is 2.13 bits per heavy atom. The molecule has 7 heteroatoms. The van der Waals surface area contributed by atoms with E-state index in [1.54, 1.807) is 6.08 Å². The van der Waals surface area contributed by atoms with Gasteiger partial charge < -0.3 is 10.2 Å². The van der Waals surface area contributed by atoms with Crippen molar-refractivity contribution in [3.63, 3.8) is 0 Å². The lowest BCUT2D eigenvalue weighted by Crippen LogP contribution is -2.41. The third-order valence-electron chi connectivity index (χ3n) is 4.89. The van der Waals surface area contributed by atoms with E-state index in [4.69, 9.17) is 10.2 Å². The van der Waals surface area contributed by atoms with Crippen molar-refractivity contribution in [1.82, 2.24) is 9.55 Å². The van der Waals surface area contributed by atoms with Crippen LogP contribution < -0.4 is 11.4 Å². The Morgan fingerprint density at radius 1 is 1.48 bits per heavy atom. The minimum absolute atomic E-state index is 0.0291. The molecule has 0 bridgehead atoms. The van der Waals surface area contributed by atoms with E-state index in [2.05, 4.69) is 38.8 Å². The van der Waals surface area contributed by atoms with E-state index >= 15 is 0 Å².